The Kier molecular flexibility index (Phi) is 5.86. The van der Waals surface area contributed by atoms with Crippen LogP contribution >= 0.6 is 15.3 Å². The summed E-state index contributed by atoms with van der Waals surface area (Å²) in [7, 11) is -2.30. The summed E-state index contributed by atoms with van der Waals surface area (Å²) in [5, 5.41) is 0. The van der Waals surface area contributed by atoms with Crippen molar-refractivity contribution < 1.29 is 8.85 Å². The molecule has 0 N–H and O–H groups in total. The smallest absolute Gasteiger partial charge is 0.384 e. The second-order valence-corrected chi connectivity index (χ2v) is 10.4. The van der Waals surface area contributed by atoms with E-state index < -0.39 is 7.18 Å². The lowest BCUT2D eigenvalue weighted by atomic mass is 10.2. The van der Waals surface area contributed by atoms with E-state index in [1.165, 1.54) is 5.56 Å². The van der Waals surface area contributed by atoms with Gasteiger partial charge in [0.25, 0.3) is 0 Å². The van der Waals surface area contributed by atoms with E-state index in [2.05, 4.69) is 27.4 Å². The van der Waals surface area contributed by atoms with Crippen LogP contribution in [0.2, 0.25) is 0 Å². The van der Waals surface area contributed by atoms with E-state index >= 15 is 0 Å². The maximum Gasteiger partial charge on any atom is 0.419 e. The molecule has 0 fully saturated rings. The Morgan fingerprint density at radius 1 is 1.00 bits per heavy atom. The van der Waals surface area contributed by atoms with Gasteiger partial charge in [-0.1, -0.05) is 45.6 Å². The van der Waals surface area contributed by atoms with Gasteiger partial charge in [0.05, 0.1) is 0 Å². The number of halogens is 1. The van der Waals surface area contributed by atoms with Crippen molar-refractivity contribution in [3.8, 4) is 0 Å². The van der Waals surface area contributed by atoms with Gasteiger partial charge in [0, 0.05) is 18.3 Å². The van der Waals surface area contributed by atoms with Crippen molar-refractivity contribution >= 4 is 22.5 Å². The summed E-state index contributed by atoms with van der Waals surface area (Å²) in [5.74, 6) is 0. The van der Waals surface area contributed by atoms with Gasteiger partial charge >= 0.3 is 7.18 Å². The number of hydrogen-bond acceptors (Lipinski definition) is 2. The highest BCUT2D eigenvalue weighted by Crippen LogP contribution is 2.24. The van der Waals surface area contributed by atoms with Crippen LogP contribution < -0.4 is 0 Å². The Morgan fingerprint density at radius 3 is 1.88 bits per heavy atom. The zero-order valence-electron chi connectivity index (χ0n) is 10.9. The Bertz CT molecular complexity index is 317. The predicted octanol–water partition coefficient (Wildman–Crippen LogP) is 3.95. The van der Waals surface area contributed by atoms with Gasteiger partial charge in [0.2, 0.25) is 0 Å². The van der Waals surface area contributed by atoms with Gasteiger partial charge in [0.15, 0.2) is 0 Å². The molecule has 0 aliphatic heterocycles. The molecule has 0 atom stereocenters. The van der Waals surface area contributed by atoms with Crippen molar-refractivity contribution in [2.75, 3.05) is 0 Å². The fourth-order valence-corrected chi connectivity index (χ4v) is 7.22. The van der Waals surface area contributed by atoms with Crippen LogP contribution in [0.3, 0.4) is 0 Å². The first-order valence-corrected chi connectivity index (χ1v) is 10.3. The molecule has 96 valence electrons. The normalized spacial score (nSPS) is 12.4. The van der Waals surface area contributed by atoms with Gasteiger partial charge in [-0.3, -0.25) is 0 Å². The molecule has 1 aromatic rings. The van der Waals surface area contributed by atoms with E-state index in [-0.39, 0.29) is 12.2 Å². The van der Waals surface area contributed by atoms with E-state index in [4.69, 9.17) is 8.85 Å². The second-order valence-electron chi connectivity index (χ2n) is 4.66. The van der Waals surface area contributed by atoms with Crippen LogP contribution in [-0.2, 0) is 14.9 Å². The first-order valence-electron chi connectivity index (χ1n) is 6.00. The topological polar surface area (TPSA) is 18.5 Å². The highest BCUT2D eigenvalue weighted by atomic mass is 79.9. The second kappa shape index (κ2) is 6.68. The molecule has 0 spiro atoms. The lowest BCUT2D eigenvalue weighted by molar-refractivity contribution is 0.123. The molecule has 0 saturated heterocycles. The van der Waals surface area contributed by atoms with Crippen molar-refractivity contribution in [3.63, 3.8) is 0 Å². The first kappa shape index (κ1) is 14.9. The minimum atomic E-state index is -2.30. The third-order valence-electron chi connectivity index (χ3n) is 2.08. The molecule has 1 rings (SSSR count). The average molecular weight is 317 g/mol. The van der Waals surface area contributed by atoms with Crippen LogP contribution in [0.5, 0.6) is 0 Å². The fourth-order valence-electron chi connectivity index (χ4n) is 1.65. The molecule has 0 bridgehead atoms. The minimum Gasteiger partial charge on any atom is -0.384 e. The van der Waals surface area contributed by atoms with Crippen molar-refractivity contribution in [3.05, 3.63) is 35.9 Å². The molecule has 1 aromatic carbocycles. The summed E-state index contributed by atoms with van der Waals surface area (Å²) in [6, 6.07) is 11.1. The van der Waals surface area contributed by atoms with Crippen molar-refractivity contribution in [2.45, 2.75) is 45.9 Å². The molecule has 0 amide bonds. The van der Waals surface area contributed by atoms with Crippen LogP contribution in [0, 0.1) is 0 Å². The van der Waals surface area contributed by atoms with Crippen LogP contribution in [-0.4, -0.2) is 19.4 Å². The predicted molar refractivity (Wildman–Crippen MR) is 77.3 cm³/mol. The number of benzene rings is 1. The van der Waals surface area contributed by atoms with Gasteiger partial charge in [-0.15, -0.1) is 0 Å². The molecular weight excluding hydrogens is 296 g/mol. The summed E-state index contributed by atoms with van der Waals surface area (Å²) in [6.45, 7) is 8.16. The summed E-state index contributed by atoms with van der Waals surface area (Å²) < 4.78 is 12.0. The van der Waals surface area contributed by atoms with Gasteiger partial charge in [-0.05, 0) is 33.3 Å². The highest BCUT2D eigenvalue weighted by Gasteiger charge is 2.37. The molecule has 0 aliphatic carbocycles. The molecule has 0 saturated carbocycles. The van der Waals surface area contributed by atoms with E-state index in [0.717, 1.165) is 6.04 Å². The Hall–Kier alpha value is -0.163. The minimum absolute atomic E-state index is 0.170. The van der Waals surface area contributed by atoms with Crippen LogP contribution in [0.25, 0.3) is 0 Å². The van der Waals surface area contributed by atoms with E-state index in [1.807, 2.05) is 45.9 Å². The van der Waals surface area contributed by atoms with Gasteiger partial charge < -0.3 is 8.85 Å². The summed E-state index contributed by atoms with van der Waals surface area (Å²) in [4.78, 5) is 0. The standard InChI is InChI=1S/C13H21BrO2Si/c1-11(2)15-17(14,16-12(3)4)10-13-8-6-5-7-9-13/h5-9,11-12H,10H2,1-4H3. The van der Waals surface area contributed by atoms with E-state index in [1.54, 1.807) is 0 Å². The Labute approximate surface area is 113 Å². The molecule has 4 heteroatoms. The molecule has 17 heavy (non-hydrogen) atoms. The monoisotopic (exact) mass is 316 g/mol. The Balaban J connectivity index is 2.76. The van der Waals surface area contributed by atoms with E-state index in [0.29, 0.717) is 0 Å². The van der Waals surface area contributed by atoms with Crippen LogP contribution in [0.4, 0.5) is 0 Å². The van der Waals surface area contributed by atoms with E-state index in [9.17, 15) is 0 Å². The molecule has 0 radical (unpaired) electrons. The number of rotatable bonds is 6. The zero-order chi connectivity index (χ0) is 12.9. The molecule has 0 aliphatic rings. The van der Waals surface area contributed by atoms with Gasteiger partial charge in [-0.25, -0.2) is 0 Å². The third-order valence-corrected chi connectivity index (χ3v) is 6.52. The quantitative estimate of drug-likeness (QED) is 0.584. The van der Waals surface area contributed by atoms with Crippen LogP contribution in [0.15, 0.2) is 30.3 Å². The summed E-state index contributed by atoms with van der Waals surface area (Å²) >= 11 is 3.72. The van der Waals surface area contributed by atoms with Crippen molar-refractivity contribution in [1.82, 2.24) is 0 Å². The van der Waals surface area contributed by atoms with Crippen molar-refractivity contribution in [1.29, 1.82) is 0 Å². The summed E-state index contributed by atoms with van der Waals surface area (Å²) in [6.07, 6.45) is 0.340. The lowest BCUT2D eigenvalue weighted by Gasteiger charge is -2.29. The third kappa shape index (κ3) is 5.81. The molecule has 0 aromatic heterocycles. The van der Waals surface area contributed by atoms with Gasteiger partial charge in [0.1, 0.15) is 0 Å². The number of hydrogen-bond donors (Lipinski definition) is 0. The first-order chi connectivity index (χ1) is 7.91. The maximum atomic E-state index is 5.99. The SMILES string of the molecule is CC(C)O[Si](Br)(Cc1ccccc1)OC(C)C. The zero-order valence-corrected chi connectivity index (χ0v) is 13.5. The van der Waals surface area contributed by atoms with Crippen LogP contribution in [0.1, 0.15) is 33.3 Å². The van der Waals surface area contributed by atoms with Gasteiger partial charge in [-0.2, -0.15) is 0 Å². The molecule has 2 nitrogen and oxygen atoms in total. The molecular formula is C13H21BrO2Si. The highest BCUT2D eigenvalue weighted by molar-refractivity contribution is 9.25. The Morgan fingerprint density at radius 2 is 1.47 bits per heavy atom. The lowest BCUT2D eigenvalue weighted by Crippen LogP contribution is -2.42. The average Bonchev–Trinajstić information content (AvgIpc) is 2.15. The fraction of sp³-hybridized carbons (Fsp3) is 0.538. The molecule has 0 unspecified atom stereocenters. The summed E-state index contributed by atoms with van der Waals surface area (Å²) in [5.41, 5.74) is 1.25. The molecule has 0 heterocycles. The van der Waals surface area contributed by atoms with Crippen molar-refractivity contribution in [2.24, 2.45) is 0 Å². The largest absolute Gasteiger partial charge is 0.419 e. The maximum absolute atomic E-state index is 5.99.